The summed E-state index contributed by atoms with van der Waals surface area (Å²) in [6, 6.07) is 6.05. The minimum atomic E-state index is -0.313. The minimum absolute atomic E-state index is 0.111. The molecule has 0 saturated carbocycles. The monoisotopic (exact) mass is 364 g/mol. The molecule has 1 N–H and O–H groups in total. The molecule has 1 aromatic carbocycles. The second-order valence-corrected chi connectivity index (χ2v) is 6.74. The van der Waals surface area contributed by atoms with Crippen molar-refractivity contribution in [1.29, 1.82) is 0 Å². The molecule has 0 radical (unpaired) electrons. The van der Waals surface area contributed by atoms with E-state index >= 15 is 0 Å². The summed E-state index contributed by atoms with van der Waals surface area (Å²) in [5.74, 6) is 0.264. The lowest BCUT2D eigenvalue weighted by atomic mass is 10.0. The zero-order valence-electron chi connectivity index (χ0n) is 14.5. The smallest absolute Gasteiger partial charge is 0.259 e. The van der Waals surface area contributed by atoms with Crippen LogP contribution in [0.15, 0.2) is 42.9 Å². The van der Waals surface area contributed by atoms with Crippen LogP contribution in [-0.4, -0.2) is 41.9 Å². The van der Waals surface area contributed by atoms with Crippen LogP contribution in [0.1, 0.15) is 41.5 Å². The molecule has 4 heterocycles. The Hall–Kier alpha value is -3.29. The fourth-order valence-electron chi connectivity index (χ4n) is 3.75. The van der Waals surface area contributed by atoms with Crippen molar-refractivity contribution in [2.24, 2.45) is 0 Å². The number of amides is 1. The molecule has 5 rings (SSSR count). The number of piperidine rings is 1. The number of H-pyrrole nitrogens is 1. The van der Waals surface area contributed by atoms with Crippen LogP contribution in [0.5, 0.6) is 0 Å². The lowest BCUT2D eigenvalue weighted by Gasteiger charge is -2.34. The fourth-order valence-corrected chi connectivity index (χ4v) is 3.75. The first kappa shape index (κ1) is 15.9. The Bertz CT molecular complexity index is 1150. The molecule has 1 fully saturated rings. The van der Waals surface area contributed by atoms with Gasteiger partial charge in [0.15, 0.2) is 5.65 Å². The largest absolute Gasteiger partial charge is 0.340 e. The molecular weight excluding hydrogens is 347 g/mol. The van der Waals surface area contributed by atoms with Crippen molar-refractivity contribution in [3.8, 4) is 0 Å². The van der Waals surface area contributed by atoms with E-state index in [2.05, 4.69) is 20.1 Å². The normalized spacial score (nSPS) is 17.7. The van der Waals surface area contributed by atoms with E-state index in [0.29, 0.717) is 34.6 Å². The summed E-state index contributed by atoms with van der Waals surface area (Å²) in [4.78, 5) is 27.2. The molecule has 1 saturated heterocycles. The van der Waals surface area contributed by atoms with Gasteiger partial charge < -0.3 is 9.88 Å². The molecule has 27 heavy (non-hydrogen) atoms. The first-order chi connectivity index (χ1) is 13.2. The summed E-state index contributed by atoms with van der Waals surface area (Å²) < 4.78 is 15.1. The number of carbonyl (C=O) groups excluding carboxylic acids is 1. The van der Waals surface area contributed by atoms with Gasteiger partial charge in [-0.3, -0.25) is 4.79 Å². The lowest BCUT2D eigenvalue weighted by Crippen LogP contribution is -2.39. The molecule has 0 aliphatic carbocycles. The van der Waals surface area contributed by atoms with Gasteiger partial charge in [-0.25, -0.2) is 18.9 Å². The van der Waals surface area contributed by atoms with Gasteiger partial charge in [-0.1, -0.05) is 0 Å². The molecule has 8 heteroatoms. The quantitative estimate of drug-likeness (QED) is 0.593. The van der Waals surface area contributed by atoms with Crippen LogP contribution >= 0.6 is 0 Å². The van der Waals surface area contributed by atoms with Gasteiger partial charge in [-0.15, -0.1) is 0 Å². The van der Waals surface area contributed by atoms with E-state index in [-0.39, 0.29) is 17.8 Å². The van der Waals surface area contributed by atoms with Gasteiger partial charge in [0.05, 0.1) is 23.3 Å². The van der Waals surface area contributed by atoms with E-state index in [4.69, 9.17) is 0 Å². The summed E-state index contributed by atoms with van der Waals surface area (Å²) in [5.41, 5.74) is 2.35. The van der Waals surface area contributed by atoms with Crippen LogP contribution < -0.4 is 0 Å². The van der Waals surface area contributed by atoms with Gasteiger partial charge in [0, 0.05) is 18.9 Å². The number of rotatable bonds is 2. The number of benzene rings is 1. The number of hydrogen-bond acceptors (Lipinski definition) is 4. The highest BCUT2D eigenvalue weighted by Gasteiger charge is 2.32. The Morgan fingerprint density at radius 1 is 1.30 bits per heavy atom. The second-order valence-electron chi connectivity index (χ2n) is 6.74. The summed E-state index contributed by atoms with van der Waals surface area (Å²) in [6.45, 7) is 0.638. The van der Waals surface area contributed by atoms with Crippen LogP contribution in [0.2, 0.25) is 0 Å². The number of carbonyl (C=O) groups is 1. The first-order valence-electron chi connectivity index (χ1n) is 8.95. The van der Waals surface area contributed by atoms with E-state index in [1.807, 2.05) is 4.90 Å². The summed E-state index contributed by atoms with van der Waals surface area (Å²) in [5, 5.41) is 4.22. The third kappa shape index (κ3) is 2.64. The zero-order chi connectivity index (χ0) is 18.4. The Kier molecular flexibility index (Phi) is 3.63. The van der Waals surface area contributed by atoms with Crippen LogP contribution in [0.3, 0.4) is 0 Å². The van der Waals surface area contributed by atoms with E-state index in [9.17, 15) is 9.18 Å². The van der Waals surface area contributed by atoms with Crippen LogP contribution in [0.4, 0.5) is 4.39 Å². The first-order valence-corrected chi connectivity index (χ1v) is 8.95. The highest BCUT2D eigenvalue weighted by Crippen LogP contribution is 2.32. The maximum Gasteiger partial charge on any atom is 0.259 e. The average molecular weight is 364 g/mol. The molecule has 1 amide bonds. The Labute approximate surface area is 153 Å². The van der Waals surface area contributed by atoms with Crippen molar-refractivity contribution < 1.29 is 9.18 Å². The van der Waals surface area contributed by atoms with Crippen LogP contribution in [0.25, 0.3) is 16.7 Å². The van der Waals surface area contributed by atoms with Crippen molar-refractivity contribution >= 4 is 22.6 Å². The van der Waals surface area contributed by atoms with Gasteiger partial charge in [0.1, 0.15) is 17.2 Å². The predicted molar refractivity (Wildman–Crippen MR) is 96.7 cm³/mol. The molecule has 1 aliphatic heterocycles. The third-order valence-electron chi connectivity index (χ3n) is 5.05. The number of nitrogens with zero attached hydrogens (tertiary/aromatic N) is 5. The van der Waals surface area contributed by atoms with Crippen LogP contribution in [-0.2, 0) is 0 Å². The van der Waals surface area contributed by atoms with Gasteiger partial charge >= 0.3 is 0 Å². The zero-order valence-corrected chi connectivity index (χ0v) is 14.5. The predicted octanol–water partition coefficient (Wildman–Crippen LogP) is 3.11. The van der Waals surface area contributed by atoms with Gasteiger partial charge in [-0.05, 0) is 43.5 Å². The maximum absolute atomic E-state index is 13.5. The topological polar surface area (TPSA) is 79.2 Å². The molecule has 7 nitrogen and oxygen atoms in total. The fraction of sp³-hybridized carbons (Fsp3) is 0.263. The molecule has 0 bridgehead atoms. The SMILES string of the molecule is O=C(c1cnn2cccnc12)N1CCCC[C@@H]1c1nc2ccc(F)cc2[nH]1. The van der Waals surface area contributed by atoms with Gasteiger partial charge in [-0.2, -0.15) is 5.10 Å². The summed E-state index contributed by atoms with van der Waals surface area (Å²) >= 11 is 0. The Morgan fingerprint density at radius 2 is 2.22 bits per heavy atom. The molecule has 1 aliphatic rings. The number of hydrogen-bond donors (Lipinski definition) is 1. The number of fused-ring (bicyclic) bond motifs is 2. The Morgan fingerprint density at radius 3 is 3.15 bits per heavy atom. The minimum Gasteiger partial charge on any atom is -0.340 e. The molecule has 136 valence electrons. The molecule has 0 spiro atoms. The van der Waals surface area contributed by atoms with Gasteiger partial charge in [0.2, 0.25) is 0 Å². The molecule has 1 atom stereocenters. The van der Waals surface area contributed by atoms with E-state index < -0.39 is 0 Å². The van der Waals surface area contributed by atoms with Crippen molar-refractivity contribution in [1.82, 2.24) is 29.5 Å². The van der Waals surface area contributed by atoms with Crippen molar-refractivity contribution in [2.45, 2.75) is 25.3 Å². The number of aromatic nitrogens is 5. The number of nitrogens with one attached hydrogen (secondary N) is 1. The third-order valence-corrected chi connectivity index (χ3v) is 5.05. The molecule has 0 unspecified atom stereocenters. The number of aromatic amines is 1. The Balaban J connectivity index is 1.54. The van der Waals surface area contributed by atoms with Crippen molar-refractivity contribution in [3.05, 3.63) is 60.1 Å². The number of likely N-dealkylation sites (tertiary alicyclic amines) is 1. The molecular formula is C19H17FN6O. The van der Waals surface area contributed by atoms with E-state index in [1.54, 1.807) is 35.2 Å². The molecule has 4 aromatic rings. The average Bonchev–Trinajstić information content (AvgIpc) is 3.31. The van der Waals surface area contributed by atoms with Gasteiger partial charge in [0.25, 0.3) is 5.91 Å². The summed E-state index contributed by atoms with van der Waals surface area (Å²) in [7, 11) is 0. The maximum atomic E-state index is 13.5. The number of imidazole rings is 1. The van der Waals surface area contributed by atoms with E-state index in [1.165, 1.54) is 12.1 Å². The summed E-state index contributed by atoms with van der Waals surface area (Å²) in [6.07, 6.45) is 7.72. The van der Waals surface area contributed by atoms with Crippen molar-refractivity contribution in [3.63, 3.8) is 0 Å². The van der Waals surface area contributed by atoms with Crippen LogP contribution in [0, 0.1) is 5.82 Å². The second kappa shape index (κ2) is 6.15. The lowest BCUT2D eigenvalue weighted by molar-refractivity contribution is 0.0603. The standard InChI is InChI=1S/C19H17FN6O/c20-12-5-6-14-15(10-12)24-17(23-14)16-4-1-2-8-25(16)19(27)13-11-22-26-9-3-7-21-18(13)26/h3,5-7,9-11,16H,1-2,4,8H2,(H,23,24)/t16-/m1/s1. The van der Waals surface area contributed by atoms with Crippen molar-refractivity contribution in [2.75, 3.05) is 6.54 Å². The highest BCUT2D eigenvalue weighted by atomic mass is 19.1. The van der Waals surface area contributed by atoms with E-state index in [0.717, 1.165) is 19.3 Å². The number of halogens is 1. The highest BCUT2D eigenvalue weighted by molar-refractivity contribution is 5.99. The molecule has 3 aromatic heterocycles.